The van der Waals surface area contributed by atoms with Crippen LogP contribution >= 0.6 is 0 Å². The van der Waals surface area contributed by atoms with Crippen LogP contribution in [-0.2, 0) is 16.1 Å². The molecule has 1 aromatic carbocycles. The Balaban J connectivity index is 1.75. The fourth-order valence-corrected chi connectivity index (χ4v) is 3.46. The van der Waals surface area contributed by atoms with Crippen LogP contribution in [-0.4, -0.2) is 65.4 Å². The number of rotatable bonds is 5. The number of aromatic carboxylic acids is 1. The number of carboxylic acid groups (broad SMARTS) is 1. The Morgan fingerprint density at radius 1 is 1.18 bits per heavy atom. The third kappa shape index (κ3) is 4.07. The predicted octanol–water partition coefficient (Wildman–Crippen LogP) is 1.42. The average Bonchev–Trinajstić information content (AvgIpc) is 3.15. The highest BCUT2D eigenvalue weighted by molar-refractivity contribution is 5.95. The number of carboxylic acids is 1. The van der Waals surface area contributed by atoms with Gasteiger partial charge in [-0.15, -0.1) is 0 Å². The molecule has 148 valence electrons. The van der Waals surface area contributed by atoms with Crippen molar-refractivity contribution in [2.75, 3.05) is 26.7 Å². The van der Waals surface area contributed by atoms with Crippen LogP contribution in [0, 0.1) is 0 Å². The highest BCUT2D eigenvalue weighted by atomic mass is 16.4. The molecule has 1 saturated heterocycles. The summed E-state index contributed by atoms with van der Waals surface area (Å²) in [5, 5.41) is 12.0. The van der Waals surface area contributed by atoms with Gasteiger partial charge in [0.2, 0.25) is 11.8 Å². The standard InChI is InChI=1S/C20H23N3O5/c1-13(24)23-10-9-22(12-17(23)19(25)21-2)11-14-7-8-18(28-14)15-5-3-4-6-16(15)20(26)27/h3-8,17H,9-12H2,1-2H3,(H,21,25)(H,26,27). The summed E-state index contributed by atoms with van der Waals surface area (Å²) < 4.78 is 5.87. The van der Waals surface area contributed by atoms with Gasteiger partial charge in [0.05, 0.1) is 12.1 Å². The summed E-state index contributed by atoms with van der Waals surface area (Å²) in [5.41, 5.74) is 0.698. The molecule has 8 nitrogen and oxygen atoms in total. The van der Waals surface area contributed by atoms with Gasteiger partial charge in [0, 0.05) is 39.2 Å². The minimum atomic E-state index is -1.01. The van der Waals surface area contributed by atoms with Gasteiger partial charge in [-0.25, -0.2) is 4.79 Å². The van der Waals surface area contributed by atoms with Crippen molar-refractivity contribution >= 4 is 17.8 Å². The van der Waals surface area contributed by atoms with Crippen LogP contribution < -0.4 is 5.32 Å². The molecule has 0 radical (unpaired) electrons. The maximum atomic E-state index is 12.2. The quantitative estimate of drug-likeness (QED) is 0.807. The lowest BCUT2D eigenvalue weighted by molar-refractivity contribution is -0.142. The van der Waals surface area contributed by atoms with Gasteiger partial charge < -0.3 is 19.7 Å². The largest absolute Gasteiger partial charge is 0.478 e. The first-order valence-corrected chi connectivity index (χ1v) is 9.03. The molecule has 0 bridgehead atoms. The van der Waals surface area contributed by atoms with Crippen molar-refractivity contribution in [1.82, 2.24) is 15.1 Å². The fraction of sp³-hybridized carbons (Fsp3) is 0.350. The summed E-state index contributed by atoms with van der Waals surface area (Å²) in [6, 6.07) is 9.69. The van der Waals surface area contributed by atoms with E-state index < -0.39 is 12.0 Å². The summed E-state index contributed by atoms with van der Waals surface area (Å²) in [7, 11) is 1.55. The molecule has 1 fully saturated rings. The number of carbonyl (C=O) groups is 3. The number of nitrogens with one attached hydrogen (secondary N) is 1. The van der Waals surface area contributed by atoms with Gasteiger partial charge in [0.25, 0.3) is 0 Å². The number of benzene rings is 1. The van der Waals surface area contributed by atoms with E-state index >= 15 is 0 Å². The van der Waals surface area contributed by atoms with Crippen LogP contribution in [0.4, 0.5) is 0 Å². The number of hydrogen-bond donors (Lipinski definition) is 2. The van der Waals surface area contributed by atoms with Gasteiger partial charge >= 0.3 is 5.97 Å². The average molecular weight is 385 g/mol. The normalized spacial score (nSPS) is 17.4. The number of hydrogen-bond acceptors (Lipinski definition) is 5. The Hall–Kier alpha value is -3.13. The zero-order valence-corrected chi connectivity index (χ0v) is 15.8. The van der Waals surface area contributed by atoms with Crippen molar-refractivity contribution in [3.8, 4) is 11.3 Å². The van der Waals surface area contributed by atoms with E-state index in [-0.39, 0.29) is 17.4 Å². The molecular weight excluding hydrogens is 362 g/mol. The minimum Gasteiger partial charge on any atom is -0.478 e. The molecule has 3 rings (SSSR count). The third-order valence-electron chi connectivity index (χ3n) is 4.88. The van der Waals surface area contributed by atoms with Gasteiger partial charge in [0.1, 0.15) is 17.6 Å². The number of carbonyl (C=O) groups excluding carboxylic acids is 2. The lowest BCUT2D eigenvalue weighted by atomic mass is 10.1. The number of amides is 2. The molecule has 1 atom stereocenters. The Bertz CT molecular complexity index is 891. The van der Waals surface area contributed by atoms with Gasteiger partial charge in [-0.2, -0.15) is 0 Å². The van der Waals surface area contributed by atoms with E-state index in [0.29, 0.717) is 43.3 Å². The van der Waals surface area contributed by atoms with E-state index in [0.717, 1.165) is 0 Å². The lowest BCUT2D eigenvalue weighted by Crippen LogP contribution is -2.59. The zero-order chi connectivity index (χ0) is 20.3. The van der Waals surface area contributed by atoms with E-state index in [4.69, 9.17) is 4.42 Å². The summed E-state index contributed by atoms with van der Waals surface area (Å²) in [6.07, 6.45) is 0. The second-order valence-electron chi connectivity index (χ2n) is 6.69. The van der Waals surface area contributed by atoms with Crippen molar-refractivity contribution in [3.63, 3.8) is 0 Å². The Morgan fingerprint density at radius 3 is 2.61 bits per heavy atom. The molecule has 28 heavy (non-hydrogen) atoms. The molecule has 2 heterocycles. The second kappa shape index (κ2) is 8.26. The highest BCUT2D eigenvalue weighted by Crippen LogP contribution is 2.27. The lowest BCUT2D eigenvalue weighted by Gasteiger charge is -2.39. The molecular formula is C20H23N3O5. The van der Waals surface area contributed by atoms with E-state index in [9.17, 15) is 19.5 Å². The molecule has 0 saturated carbocycles. The molecule has 1 unspecified atom stereocenters. The minimum absolute atomic E-state index is 0.126. The maximum Gasteiger partial charge on any atom is 0.336 e. The molecule has 1 aliphatic heterocycles. The Kier molecular flexibility index (Phi) is 5.79. The van der Waals surface area contributed by atoms with Crippen LogP contribution in [0.2, 0.25) is 0 Å². The number of piperazine rings is 1. The Morgan fingerprint density at radius 2 is 1.93 bits per heavy atom. The van der Waals surface area contributed by atoms with E-state index in [1.807, 2.05) is 4.90 Å². The summed E-state index contributed by atoms with van der Waals surface area (Å²) in [6.45, 7) is 3.41. The first-order chi connectivity index (χ1) is 13.4. The second-order valence-corrected chi connectivity index (χ2v) is 6.69. The SMILES string of the molecule is CNC(=O)C1CN(Cc2ccc(-c3ccccc3C(=O)O)o2)CCN1C(C)=O. The summed E-state index contributed by atoms with van der Waals surface area (Å²) >= 11 is 0. The molecule has 1 aromatic heterocycles. The number of nitrogens with zero attached hydrogens (tertiary/aromatic N) is 2. The molecule has 0 aliphatic carbocycles. The van der Waals surface area contributed by atoms with Crippen molar-refractivity contribution in [3.05, 3.63) is 47.7 Å². The molecule has 2 amide bonds. The third-order valence-corrected chi connectivity index (χ3v) is 4.88. The van der Waals surface area contributed by atoms with Crippen LogP contribution in [0.5, 0.6) is 0 Å². The smallest absolute Gasteiger partial charge is 0.336 e. The molecule has 1 aliphatic rings. The number of furan rings is 1. The topological polar surface area (TPSA) is 103 Å². The van der Waals surface area contributed by atoms with Crippen LogP contribution in [0.1, 0.15) is 23.0 Å². The molecule has 2 aromatic rings. The van der Waals surface area contributed by atoms with Gasteiger partial charge in [-0.3, -0.25) is 14.5 Å². The van der Waals surface area contributed by atoms with Crippen molar-refractivity contribution in [2.24, 2.45) is 0 Å². The first kappa shape index (κ1) is 19.6. The molecule has 8 heteroatoms. The van der Waals surface area contributed by atoms with Crippen molar-refractivity contribution in [2.45, 2.75) is 19.5 Å². The van der Waals surface area contributed by atoms with Crippen LogP contribution in [0.15, 0.2) is 40.8 Å². The fourth-order valence-electron chi connectivity index (χ4n) is 3.46. The first-order valence-electron chi connectivity index (χ1n) is 9.03. The molecule has 2 N–H and O–H groups in total. The highest BCUT2D eigenvalue weighted by Gasteiger charge is 2.33. The van der Waals surface area contributed by atoms with Crippen molar-refractivity contribution < 1.29 is 23.9 Å². The number of likely N-dealkylation sites (N-methyl/N-ethyl adjacent to an activating group) is 1. The summed E-state index contributed by atoms with van der Waals surface area (Å²) in [5.74, 6) is -0.183. The Labute approximate surface area is 162 Å². The van der Waals surface area contributed by atoms with E-state index in [1.165, 1.54) is 13.0 Å². The summed E-state index contributed by atoms with van der Waals surface area (Å²) in [4.78, 5) is 39.0. The van der Waals surface area contributed by atoms with Gasteiger partial charge in [0.15, 0.2) is 0 Å². The predicted molar refractivity (Wildman–Crippen MR) is 102 cm³/mol. The van der Waals surface area contributed by atoms with Crippen LogP contribution in [0.3, 0.4) is 0 Å². The van der Waals surface area contributed by atoms with Gasteiger partial charge in [-0.1, -0.05) is 18.2 Å². The van der Waals surface area contributed by atoms with E-state index in [1.54, 1.807) is 42.3 Å². The zero-order valence-electron chi connectivity index (χ0n) is 15.8. The maximum absolute atomic E-state index is 12.2. The monoisotopic (exact) mass is 385 g/mol. The van der Waals surface area contributed by atoms with Gasteiger partial charge in [-0.05, 0) is 18.2 Å². The van der Waals surface area contributed by atoms with Crippen LogP contribution in [0.25, 0.3) is 11.3 Å². The molecule has 0 spiro atoms. The van der Waals surface area contributed by atoms with E-state index in [2.05, 4.69) is 5.32 Å². The van der Waals surface area contributed by atoms with Crippen molar-refractivity contribution in [1.29, 1.82) is 0 Å².